The molecule has 1 aromatic heterocycles. The van der Waals surface area contributed by atoms with Crippen LogP contribution in [-0.2, 0) is 21.3 Å². The number of nitrogens with one attached hydrogen (secondary N) is 2. The van der Waals surface area contributed by atoms with Crippen LogP contribution in [0.25, 0.3) is 5.69 Å². The Hall–Kier alpha value is -4.23. The van der Waals surface area contributed by atoms with Crippen molar-refractivity contribution in [2.75, 3.05) is 17.2 Å². The lowest BCUT2D eigenvalue weighted by Gasteiger charge is -2.29. The van der Waals surface area contributed by atoms with E-state index in [1.807, 2.05) is 13.8 Å². The minimum atomic E-state index is -0.859. The third-order valence-corrected chi connectivity index (χ3v) is 8.47. The van der Waals surface area contributed by atoms with Crippen LogP contribution in [0.4, 0.5) is 20.6 Å². The Labute approximate surface area is 287 Å². The number of carbonyl (C=O) groups is 2. The van der Waals surface area contributed by atoms with E-state index in [0.29, 0.717) is 23.5 Å². The molecule has 1 fully saturated rings. The lowest BCUT2D eigenvalue weighted by atomic mass is 9.86. The number of carbonyl (C=O) groups excluding carboxylic acids is 2. The minimum Gasteiger partial charge on any atom is -0.490 e. The molecule has 13 heteroatoms. The largest absolute Gasteiger partial charge is 0.490 e. The Morgan fingerprint density at radius 2 is 1.78 bits per heavy atom. The maximum atomic E-state index is 16.1. The molecule has 1 aliphatic rings. The average Bonchev–Trinajstić information content (AvgIpc) is 3.32. The van der Waals surface area contributed by atoms with Gasteiger partial charge in [-0.2, -0.15) is 4.68 Å². The molecule has 12 nitrogen and oxygen atoms in total. The fraction of sp³-hybridized carbons (Fsp3) is 0.556. The number of aromatic nitrogens is 3. The molecule has 2 N–H and O–H groups in total. The highest BCUT2D eigenvalue weighted by Gasteiger charge is 2.28. The fourth-order valence-electron chi connectivity index (χ4n) is 6.00. The normalized spacial score (nSPS) is 15.7. The van der Waals surface area contributed by atoms with Crippen molar-refractivity contribution in [3.05, 3.63) is 63.6 Å². The van der Waals surface area contributed by atoms with Crippen molar-refractivity contribution >= 4 is 23.4 Å². The zero-order chi connectivity index (χ0) is 36.0. The summed E-state index contributed by atoms with van der Waals surface area (Å²) in [4.78, 5) is 40.0. The number of anilines is 2. The summed E-state index contributed by atoms with van der Waals surface area (Å²) in [5.41, 5.74) is -0.324. The molecule has 3 atom stereocenters. The number of halogens is 1. The van der Waals surface area contributed by atoms with Gasteiger partial charge >= 0.3 is 11.8 Å². The van der Waals surface area contributed by atoms with E-state index in [4.69, 9.17) is 18.9 Å². The quantitative estimate of drug-likeness (QED) is 0.188. The van der Waals surface area contributed by atoms with Gasteiger partial charge in [0, 0.05) is 19.7 Å². The van der Waals surface area contributed by atoms with E-state index in [0.717, 1.165) is 42.9 Å². The Morgan fingerprint density at radius 3 is 2.43 bits per heavy atom. The summed E-state index contributed by atoms with van der Waals surface area (Å²) in [5.74, 6) is -0.925. The molecule has 1 heterocycles. The van der Waals surface area contributed by atoms with Crippen LogP contribution in [0.1, 0.15) is 108 Å². The summed E-state index contributed by atoms with van der Waals surface area (Å²) >= 11 is 0. The predicted octanol–water partition coefficient (Wildman–Crippen LogP) is 7.43. The third-order valence-electron chi connectivity index (χ3n) is 8.47. The van der Waals surface area contributed by atoms with Crippen molar-refractivity contribution in [2.24, 2.45) is 13.0 Å². The molecule has 3 unspecified atom stereocenters. The van der Waals surface area contributed by atoms with Gasteiger partial charge in [-0.1, -0.05) is 31.4 Å². The van der Waals surface area contributed by atoms with Crippen molar-refractivity contribution in [1.29, 1.82) is 0 Å². The molecular weight excluding hydrogens is 633 g/mol. The number of hydrogen-bond acceptors (Lipinski definition) is 8. The van der Waals surface area contributed by atoms with Crippen LogP contribution in [0, 0.1) is 18.7 Å². The molecule has 0 bridgehead atoms. The summed E-state index contributed by atoms with van der Waals surface area (Å²) < 4.78 is 41.4. The topological polar surface area (TPSA) is 135 Å². The van der Waals surface area contributed by atoms with Gasteiger partial charge < -0.3 is 24.3 Å². The van der Waals surface area contributed by atoms with Crippen LogP contribution in [-0.4, -0.2) is 50.9 Å². The molecule has 2 amide bonds. The maximum absolute atomic E-state index is 16.1. The molecule has 3 aromatic rings. The molecule has 4 rings (SSSR count). The van der Waals surface area contributed by atoms with Crippen LogP contribution < -0.4 is 21.1 Å². The number of ether oxygens (including phenoxy) is 4. The summed E-state index contributed by atoms with van der Waals surface area (Å²) in [7, 11) is 1.53. The number of aryl methyl sites for hydroxylation is 1. The molecular formula is C36H50FN5O7. The first-order chi connectivity index (χ1) is 23.1. The molecule has 0 spiro atoms. The first-order valence-electron chi connectivity index (χ1n) is 16.9. The van der Waals surface area contributed by atoms with Crippen LogP contribution >= 0.6 is 0 Å². The van der Waals surface area contributed by atoms with Crippen LogP contribution in [0.2, 0.25) is 0 Å². The van der Waals surface area contributed by atoms with Gasteiger partial charge in [-0.25, -0.2) is 14.0 Å². The molecule has 49 heavy (non-hydrogen) atoms. The molecule has 2 aromatic carbocycles. The molecule has 0 aliphatic heterocycles. The Kier molecular flexibility index (Phi) is 12.3. The number of rotatable bonds is 12. The van der Waals surface area contributed by atoms with E-state index in [-0.39, 0.29) is 34.8 Å². The summed E-state index contributed by atoms with van der Waals surface area (Å²) in [6.45, 7) is 14.7. The predicted molar refractivity (Wildman–Crippen MR) is 185 cm³/mol. The molecule has 1 saturated carbocycles. The van der Waals surface area contributed by atoms with Crippen molar-refractivity contribution < 1.29 is 32.9 Å². The molecule has 0 saturated heterocycles. The van der Waals surface area contributed by atoms with E-state index in [9.17, 15) is 14.4 Å². The van der Waals surface area contributed by atoms with E-state index in [2.05, 4.69) is 15.7 Å². The fourth-order valence-corrected chi connectivity index (χ4v) is 6.00. The zero-order valence-corrected chi connectivity index (χ0v) is 30.0. The van der Waals surface area contributed by atoms with E-state index in [1.165, 1.54) is 17.7 Å². The van der Waals surface area contributed by atoms with E-state index in [1.54, 1.807) is 59.7 Å². The molecule has 268 valence electrons. The summed E-state index contributed by atoms with van der Waals surface area (Å²) in [5, 5.41) is 9.95. The van der Waals surface area contributed by atoms with E-state index >= 15 is 4.39 Å². The average molecular weight is 684 g/mol. The third kappa shape index (κ3) is 9.48. The summed E-state index contributed by atoms with van der Waals surface area (Å²) in [6.07, 6.45) is 3.08. The van der Waals surface area contributed by atoms with Gasteiger partial charge in [0.15, 0.2) is 12.1 Å². The lowest BCUT2D eigenvalue weighted by Crippen LogP contribution is -2.28. The van der Waals surface area contributed by atoms with Gasteiger partial charge in [-0.05, 0) is 91.8 Å². The van der Waals surface area contributed by atoms with Gasteiger partial charge in [-0.15, -0.1) is 5.10 Å². The van der Waals surface area contributed by atoms with Gasteiger partial charge in [0.25, 0.3) is 5.91 Å². The Morgan fingerprint density at radius 1 is 1.08 bits per heavy atom. The highest BCUT2D eigenvalue weighted by atomic mass is 19.1. The zero-order valence-electron chi connectivity index (χ0n) is 30.0. The first kappa shape index (κ1) is 37.6. The molecule has 1 aliphatic carbocycles. The second-order valence-corrected chi connectivity index (χ2v) is 13.5. The van der Waals surface area contributed by atoms with Crippen molar-refractivity contribution in [2.45, 2.75) is 112 Å². The second-order valence-electron chi connectivity index (χ2n) is 13.5. The highest BCUT2D eigenvalue weighted by Crippen LogP contribution is 2.34. The van der Waals surface area contributed by atoms with Gasteiger partial charge in [0.2, 0.25) is 0 Å². The highest BCUT2D eigenvalue weighted by molar-refractivity contribution is 6.09. The van der Waals surface area contributed by atoms with Crippen LogP contribution in [0.5, 0.6) is 5.75 Å². The van der Waals surface area contributed by atoms with E-state index < -0.39 is 41.5 Å². The van der Waals surface area contributed by atoms with Crippen molar-refractivity contribution in [3.63, 3.8) is 0 Å². The number of para-hydroxylation sites is 1. The van der Waals surface area contributed by atoms with Crippen molar-refractivity contribution in [1.82, 2.24) is 14.3 Å². The lowest BCUT2D eigenvalue weighted by molar-refractivity contribution is -0.156. The number of benzene rings is 2. The minimum absolute atomic E-state index is 0.0816. The standard InChI is InChI=1S/C36H50FN5O7/c1-10-46-24(5)47-23(4)32-40-42(35(45)41(32)9)29-20-30(48-22(3)25-16-12-11-13-17-25)26(19-27(29)37)33(43)39-31-21(2)15-14-18-28(31)38-34(44)49-36(6,7)8/h14-15,18-20,22-25H,10-13,16-17H2,1-9H3,(H,38,44)(H,39,43). The Bertz CT molecular complexity index is 1690. The number of nitrogens with zero attached hydrogens (tertiary/aromatic N) is 3. The maximum Gasteiger partial charge on any atom is 0.412 e. The monoisotopic (exact) mass is 683 g/mol. The van der Waals surface area contributed by atoms with Crippen LogP contribution in [0.3, 0.4) is 0 Å². The van der Waals surface area contributed by atoms with Crippen LogP contribution in [0.15, 0.2) is 35.1 Å². The summed E-state index contributed by atoms with van der Waals surface area (Å²) in [6, 6.07) is 7.52. The second kappa shape index (κ2) is 16.0. The smallest absolute Gasteiger partial charge is 0.412 e. The van der Waals surface area contributed by atoms with Crippen molar-refractivity contribution in [3.8, 4) is 11.4 Å². The first-order valence-corrected chi connectivity index (χ1v) is 16.9. The van der Waals surface area contributed by atoms with Gasteiger partial charge in [0.05, 0.1) is 23.0 Å². The Balaban J connectivity index is 1.74. The molecule has 0 radical (unpaired) electrons. The SMILES string of the molecule is CCOC(C)OC(C)c1nn(-c2cc(OC(C)C3CCCCC3)c(C(=O)Nc3c(C)cccc3NC(=O)OC(C)(C)C)cc2F)c(=O)n1C. The number of hydrogen-bond donors (Lipinski definition) is 2. The number of amides is 2. The van der Waals surface area contributed by atoms with Gasteiger partial charge in [0.1, 0.15) is 29.0 Å². The van der Waals surface area contributed by atoms with Gasteiger partial charge in [-0.3, -0.25) is 14.7 Å².